The molecule has 1 N–H and O–H groups in total. The molecular weight excluding hydrogens is 322 g/mol. The van der Waals surface area contributed by atoms with E-state index in [1.54, 1.807) is 13.8 Å². The van der Waals surface area contributed by atoms with Crippen LogP contribution in [0.15, 0.2) is 12.7 Å². The van der Waals surface area contributed by atoms with Gasteiger partial charge in [0, 0.05) is 7.11 Å². The fraction of sp³-hybridized carbons (Fsp3) is 0.400. The lowest BCUT2D eigenvalue weighted by atomic mass is 10.1. The summed E-state index contributed by atoms with van der Waals surface area (Å²) >= 11 is 0.956. The molecule has 1 heterocycles. The van der Waals surface area contributed by atoms with E-state index in [2.05, 4.69) is 11.9 Å². The molecule has 1 aromatic heterocycles. The van der Waals surface area contributed by atoms with Gasteiger partial charge in [0.1, 0.15) is 23.1 Å². The van der Waals surface area contributed by atoms with Crippen molar-refractivity contribution in [2.24, 2.45) is 0 Å². The van der Waals surface area contributed by atoms with Gasteiger partial charge in [-0.2, -0.15) is 0 Å². The van der Waals surface area contributed by atoms with Gasteiger partial charge in [0.15, 0.2) is 0 Å². The van der Waals surface area contributed by atoms with Gasteiger partial charge < -0.3 is 19.5 Å². The molecule has 0 unspecified atom stereocenters. The molecule has 23 heavy (non-hydrogen) atoms. The minimum absolute atomic E-state index is 0.0519. The molecule has 126 valence electrons. The third kappa shape index (κ3) is 4.90. The third-order valence-electron chi connectivity index (χ3n) is 2.67. The van der Waals surface area contributed by atoms with E-state index in [4.69, 9.17) is 14.2 Å². The number of ether oxygens (including phenoxy) is 3. The molecular formula is C15H19NO6S. The number of thiophene rings is 1. The van der Waals surface area contributed by atoms with Gasteiger partial charge >= 0.3 is 11.9 Å². The second-order valence-corrected chi connectivity index (χ2v) is 5.37. The van der Waals surface area contributed by atoms with E-state index in [1.165, 1.54) is 13.2 Å². The maximum Gasteiger partial charge on any atom is 0.348 e. The van der Waals surface area contributed by atoms with Crippen LogP contribution in [-0.2, 0) is 19.0 Å². The van der Waals surface area contributed by atoms with Crippen LogP contribution in [0.4, 0.5) is 5.00 Å². The summed E-state index contributed by atoms with van der Waals surface area (Å²) in [5, 5.41) is 2.78. The molecule has 0 bridgehead atoms. The number of anilines is 1. The Bertz CT molecular complexity index is 607. The largest absolute Gasteiger partial charge is 0.462 e. The maximum atomic E-state index is 12.1. The SMILES string of the molecule is C=CCOC(=O)c1sc(NC(=O)COC)c(C(=O)OCC)c1C. The number of methoxy groups -OCH3 is 1. The smallest absolute Gasteiger partial charge is 0.348 e. The second kappa shape index (κ2) is 9.06. The zero-order chi connectivity index (χ0) is 17.4. The van der Waals surface area contributed by atoms with Gasteiger partial charge in [0.05, 0.1) is 12.2 Å². The summed E-state index contributed by atoms with van der Waals surface area (Å²) in [5.74, 6) is -1.65. The Kier molecular flexibility index (Phi) is 7.43. The normalized spacial score (nSPS) is 10.0. The molecule has 1 aromatic rings. The topological polar surface area (TPSA) is 90.9 Å². The lowest BCUT2D eigenvalue weighted by Gasteiger charge is -2.06. The van der Waals surface area contributed by atoms with E-state index in [0.717, 1.165) is 11.3 Å². The molecule has 1 rings (SSSR count). The molecule has 0 atom stereocenters. The highest BCUT2D eigenvalue weighted by Crippen LogP contribution is 2.34. The van der Waals surface area contributed by atoms with Gasteiger partial charge in [-0.3, -0.25) is 4.79 Å². The lowest BCUT2D eigenvalue weighted by Crippen LogP contribution is -2.18. The molecule has 0 aromatic carbocycles. The number of esters is 2. The summed E-state index contributed by atoms with van der Waals surface area (Å²) < 4.78 is 14.7. The first-order valence-electron chi connectivity index (χ1n) is 6.83. The number of carbonyl (C=O) groups is 3. The zero-order valence-electron chi connectivity index (χ0n) is 13.3. The Morgan fingerprint density at radius 3 is 2.52 bits per heavy atom. The number of amides is 1. The van der Waals surface area contributed by atoms with E-state index in [9.17, 15) is 14.4 Å². The fourth-order valence-corrected chi connectivity index (χ4v) is 2.84. The van der Waals surface area contributed by atoms with E-state index < -0.39 is 17.8 Å². The molecule has 7 nitrogen and oxygen atoms in total. The van der Waals surface area contributed by atoms with Crippen LogP contribution in [0.25, 0.3) is 0 Å². The Hall–Kier alpha value is -2.19. The molecule has 0 aliphatic rings. The van der Waals surface area contributed by atoms with Gasteiger partial charge in [0.2, 0.25) is 0 Å². The first kappa shape index (κ1) is 18.9. The predicted molar refractivity (Wildman–Crippen MR) is 86.0 cm³/mol. The second-order valence-electron chi connectivity index (χ2n) is 4.35. The first-order chi connectivity index (χ1) is 11.0. The molecule has 0 saturated heterocycles. The predicted octanol–water partition coefficient (Wildman–Crippen LogP) is 2.16. The summed E-state index contributed by atoms with van der Waals surface area (Å²) in [6.45, 7) is 6.79. The van der Waals surface area contributed by atoms with Gasteiger partial charge in [0.25, 0.3) is 5.91 Å². The highest BCUT2D eigenvalue weighted by atomic mass is 32.1. The summed E-state index contributed by atoms with van der Waals surface area (Å²) in [4.78, 5) is 36.1. The third-order valence-corrected chi connectivity index (χ3v) is 3.86. The van der Waals surface area contributed by atoms with Gasteiger partial charge in [-0.05, 0) is 19.4 Å². The average Bonchev–Trinajstić information content (AvgIpc) is 2.81. The molecule has 0 aliphatic carbocycles. The van der Waals surface area contributed by atoms with Crippen LogP contribution in [0.2, 0.25) is 0 Å². The number of nitrogens with one attached hydrogen (secondary N) is 1. The van der Waals surface area contributed by atoms with Crippen LogP contribution in [0.5, 0.6) is 0 Å². The van der Waals surface area contributed by atoms with E-state index in [-0.39, 0.29) is 35.3 Å². The Morgan fingerprint density at radius 1 is 1.26 bits per heavy atom. The lowest BCUT2D eigenvalue weighted by molar-refractivity contribution is -0.119. The molecule has 0 aliphatic heterocycles. The molecule has 0 fully saturated rings. The van der Waals surface area contributed by atoms with E-state index in [1.807, 2.05) is 0 Å². The van der Waals surface area contributed by atoms with Crippen LogP contribution >= 0.6 is 11.3 Å². The van der Waals surface area contributed by atoms with Crippen molar-refractivity contribution in [1.29, 1.82) is 0 Å². The zero-order valence-corrected chi connectivity index (χ0v) is 14.1. The Balaban J connectivity index is 3.19. The Labute approximate surface area is 138 Å². The number of hydrogen-bond acceptors (Lipinski definition) is 7. The van der Waals surface area contributed by atoms with Gasteiger partial charge in [-0.15, -0.1) is 11.3 Å². The van der Waals surface area contributed by atoms with Crippen molar-refractivity contribution in [2.45, 2.75) is 13.8 Å². The minimum atomic E-state index is -0.614. The number of rotatable bonds is 8. The van der Waals surface area contributed by atoms with Crippen molar-refractivity contribution in [3.05, 3.63) is 28.7 Å². The average molecular weight is 341 g/mol. The van der Waals surface area contributed by atoms with Crippen molar-refractivity contribution in [2.75, 3.05) is 32.2 Å². The molecule has 0 radical (unpaired) electrons. The molecule has 0 saturated carbocycles. The molecule has 0 spiro atoms. The highest BCUT2D eigenvalue weighted by Gasteiger charge is 2.27. The monoisotopic (exact) mass is 341 g/mol. The number of carbonyl (C=O) groups excluding carboxylic acids is 3. The molecule has 1 amide bonds. The Morgan fingerprint density at radius 2 is 1.96 bits per heavy atom. The maximum absolute atomic E-state index is 12.1. The minimum Gasteiger partial charge on any atom is -0.462 e. The van der Waals surface area contributed by atoms with E-state index in [0.29, 0.717) is 5.56 Å². The first-order valence-corrected chi connectivity index (χ1v) is 7.65. The van der Waals surface area contributed by atoms with Gasteiger partial charge in [-0.1, -0.05) is 12.7 Å². The van der Waals surface area contributed by atoms with E-state index >= 15 is 0 Å². The summed E-state index contributed by atoms with van der Waals surface area (Å²) in [5.41, 5.74) is 0.544. The van der Waals surface area contributed by atoms with Crippen molar-refractivity contribution in [1.82, 2.24) is 0 Å². The summed E-state index contributed by atoms with van der Waals surface area (Å²) in [7, 11) is 1.38. The van der Waals surface area contributed by atoms with Crippen LogP contribution in [-0.4, -0.2) is 44.8 Å². The standard InChI is InChI=1S/C15H19NO6S/c1-5-7-22-15(19)12-9(3)11(14(18)21-6-2)13(23-12)16-10(17)8-20-4/h5H,1,6-8H2,2-4H3,(H,16,17). The quantitative estimate of drug-likeness (QED) is 0.575. The van der Waals surface area contributed by atoms with Crippen molar-refractivity contribution < 1.29 is 28.6 Å². The van der Waals surface area contributed by atoms with Crippen molar-refractivity contribution in [3.63, 3.8) is 0 Å². The highest BCUT2D eigenvalue weighted by molar-refractivity contribution is 7.18. The summed E-state index contributed by atoms with van der Waals surface area (Å²) in [6, 6.07) is 0. The number of hydrogen-bond donors (Lipinski definition) is 1. The van der Waals surface area contributed by atoms with Crippen LogP contribution in [0.1, 0.15) is 32.5 Å². The van der Waals surface area contributed by atoms with Crippen LogP contribution in [0, 0.1) is 6.92 Å². The van der Waals surface area contributed by atoms with Crippen molar-refractivity contribution >= 4 is 34.2 Å². The fourth-order valence-electron chi connectivity index (χ4n) is 1.74. The van der Waals surface area contributed by atoms with Crippen molar-refractivity contribution in [3.8, 4) is 0 Å². The van der Waals surface area contributed by atoms with Crippen LogP contribution in [0.3, 0.4) is 0 Å². The van der Waals surface area contributed by atoms with Crippen LogP contribution < -0.4 is 5.32 Å². The molecule has 8 heteroatoms. The summed E-state index contributed by atoms with van der Waals surface area (Å²) in [6.07, 6.45) is 1.44. The van der Waals surface area contributed by atoms with Gasteiger partial charge in [-0.25, -0.2) is 9.59 Å².